The number of carbonyl (C=O) groups excluding carboxylic acids is 1. The molecule has 0 saturated carbocycles. The van der Waals surface area contributed by atoms with E-state index in [9.17, 15) is 13.2 Å². The number of ether oxygens (including phenoxy) is 1. The van der Waals surface area contributed by atoms with E-state index in [1.54, 1.807) is 26.8 Å². The van der Waals surface area contributed by atoms with Crippen LogP contribution in [0.1, 0.15) is 53.4 Å². The molecular formula is C18H29NO4S. The number of amides is 1. The summed E-state index contributed by atoms with van der Waals surface area (Å²) in [5, 5.41) is 2.79. The second-order valence-electron chi connectivity index (χ2n) is 7.04. The van der Waals surface area contributed by atoms with Gasteiger partial charge in [-0.05, 0) is 24.6 Å². The van der Waals surface area contributed by atoms with Gasteiger partial charge in [-0.25, -0.2) is 8.42 Å². The van der Waals surface area contributed by atoms with Crippen LogP contribution in [0.4, 0.5) is 5.69 Å². The lowest BCUT2D eigenvalue weighted by molar-refractivity contribution is -0.123. The van der Waals surface area contributed by atoms with Crippen molar-refractivity contribution in [2.24, 2.45) is 5.41 Å². The molecule has 0 heterocycles. The summed E-state index contributed by atoms with van der Waals surface area (Å²) in [6.45, 7) is 8.08. The standard InChI is InChI=1S/C18H29NO4S/c1-6-7-8-9-12-23-16-11-10-14(24(5,21)22)13-15(16)19-17(20)18(2,3)4/h10-11,13H,6-9,12H2,1-5H3,(H,19,20). The first-order chi connectivity index (χ1) is 11.1. The third-order valence-corrected chi connectivity index (χ3v) is 4.67. The topological polar surface area (TPSA) is 72.5 Å². The minimum Gasteiger partial charge on any atom is -0.491 e. The van der Waals surface area contributed by atoms with E-state index < -0.39 is 15.3 Å². The lowest BCUT2D eigenvalue weighted by Gasteiger charge is -2.20. The zero-order valence-corrected chi connectivity index (χ0v) is 16.1. The number of carbonyl (C=O) groups is 1. The predicted molar refractivity (Wildman–Crippen MR) is 97.3 cm³/mol. The maximum absolute atomic E-state index is 12.2. The van der Waals surface area contributed by atoms with E-state index in [-0.39, 0.29) is 10.8 Å². The van der Waals surface area contributed by atoms with Crippen LogP contribution in [0.25, 0.3) is 0 Å². The van der Waals surface area contributed by atoms with Crippen molar-refractivity contribution in [1.82, 2.24) is 0 Å². The summed E-state index contributed by atoms with van der Waals surface area (Å²) in [6, 6.07) is 4.57. The molecule has 0 radical (unpaired) electrons. The lowest BCUT2D eigenvalue weighted by Crippen LogP contribution is -2.28. The number of hydrogen-bond donors (Lipinski definition) is 1. The summed E-state index contributed by atoms with van der Waals surface area (Å²) in [5.74, 6) is 0.306. The SMILES string of the molecule is CCCCCCOc1ccc(S(C)(=O)=O)cc1NC(=O)C(C)(C)C. The van der Waals surface area contributed by atoms with Gasteiger partial charge >= 0.3 is 0 Å². The largest absolute Gasteiger partial charge is 0.491 e. The van der Waals surface area contributed by atoms with Gasteiger partial charge in [-0.2, -0.15) is 0 Å². The Hall–Kier alpha value is -1.56. The third kappa shape index (κ3) is 6.51. The van der Waals surface area contributed by atoms with Crippen LogP contribution in [0.5, 0.6) is 5.75 Å². The normalized spacial score (nSPS) is 12.0. The molecule has 0 spiro atoms. The van der Waals surface area contributed by atoms with E-state index in [1.807, 2.05) is 0 Å². The first kappa shape index (κ1) is 20.5. The predicted octanol–water partition coefficient (Wildman–Crippen LogP) is 4.03. The van der Waals surface area contributed by atoms with Gasteiger partial charge in [-0.1, -0.05) is 47.0 Å². The molecule has 0 atom stereocenters. The molecule has 136 valence electrons. The Morgan fingerprint density at radius 1 is 1.17 bits per heavy atom. The Morgan fingerprint density at radius 3 is 2.38 bits per heavy atom. The zero-order chi connectivity index (χ0) is 18.4. The first-order valence-corrected chi connectivity index (χ1v) is 10.2. The number of unbranched alkanes of at least 4 members (excludes halogenated alkanes) is 3. The van der Waals surface area contributed by atoms with Crippen molar-refractivity contribution in [1.29, 1.82) is 0 Å². The van der Waals surface area contributed by atoms with Crippen LogP contribution in [-0.4, -0.2) is 27.2 Å². The van der Waals surface area contributed by atoms with Gasteiger partial charge in [0, 0.05) is 11.7 Å². The van der Waals surface area contributed by atoms with E-state index in [0.717, 1.165) is 31.9 Å². The molecule has 0 aliphatic heterocycles. The minimum atomic E-state index is -3.35. The number of hydrogen-bond acceptors (Lipinski definition) is 4. The van der Waals surface area contributed by atoms with E-state index in [0.29, 0.717) is 18.0 Å². The third-order valence-electron chi connectivity index (χ3n) is 3.56. The number of anilines is 1. The molecule has 1 aromatic rings. The summed E-state index contributed by atoms with van der Waals surface area (Å²) < 4.78 is 29.3. The van der Waals surface area contributed by atoms with E-state index >= 15 is 0 Å². The molecule has 0 bridgehead atoms. The van der Waals surface area contributed by atoms with Gasteiger partial charge in [0.15, 0.2) is 9.84 Å². The van der Waals surface area contributed by atoms with Gasteiger partial charge in [0.1, 0.15) is 5.75 Å². The average Bonchev–Trinajstić information content (AvgIpc) is 2.46. The number of benzene rings is 1. The van der Waals surface area contributed by atoms with E-state index in [1.165, 1.54) is 12.1 Å². The maximum atomic E-state index is 12.2. The summed E-state index contributed by atoms with van der Waals surface area (Å²) in [6.07, 6.45) is 5.46. The van der Waals surface area contributed by atoms with E-state index in [4.69, 9.17) is 4.74 Å². The van der Waals surface area contributed by atoms with Gasteiger partial charge in [0.2, 0.25) is 5.91 Å². The molecule has 1 amide bonds. The molecule has 24 heavy (non-hydrogen) atoms. The Morgan fingerprint density at radius 2 is 1.83 bits per heavy atom. The molecule has 0 unspecified atom stereocenters. The van der Waals surface area contributed by atoms with Crippen LogP contribution < -0.4 is 10.1 Å². The van der Waals surface area contributed by atoms with Crippen LogP contribution in [0.15, 0.2) is 23.1 Å². The molecule has 1 rings (SSSR count). The number of rotatable bonds is 8. The van der Waals surface area contributed by atoms with Crippen molar-refractivity contribution in [3.8, 4) is 5.75 Å². The fourth-order valence-corrected chi connectivity index (χ4v) is 2.63. The molecule has 6 heteroatoms. The van der Waals surface area contributed by atoms with Crippen LogP contribution in [0.3, 0.4) is 0 Å². The minimum absolute atomic E-state index is 0.157. The highest BCUT2D eigenvalue weighted by Gasteiger charge is 2.23. The fourth-order valence-electron chi connectivity index (χ4n) is 1.98. The highest BCUT2D eigenvalue weighted by Crippen LogP contribution is 2.30. The summed E-state index contributed by atoms with van der Waals surface area (Å²) in [7, 11) is -3.35. The smallest absolute Gasteiger partial charge is 0.229 e. The van der Waals surface area contributed by atoms with Crippen LogP contribution in [-0.2, 0) is 14.6 Å². The molecule has 0 saturated heterocycles. The molecule has 0 aliphatic rings. The van der Waals surface area contributed by atoms with Crippen LogP contribution in [0.2, 0.25) is 0 Å². The van der Waals surface area contributed by atoms with Crippen molar-refractivity contribution in [2.75, 3.05) is 18.2 Å². The molecule has 5 nitrogen and oxygen atoms in total. The van der Waals surface area contributed by atoms with Crippen LogP contribution >= 0.6 is 0 Å². The molecule has 0 aromatic heterocycles. The highest BCUT2D eigenvalue weighted by molar-refractivity contribution is 7.90. The average molecular weight is 356 g/mol. The Balaban J connectivity index is 2.98. The zero-order valence-electron chi connectivity index (χ0n) is 15.3. The summed E-state index contributed by atoms with van der Waals surface area (Å²) >= 11 is 0. The van der Waals surface area contributed by atoms with Gasteiger partial charge in [0.25, 0.3) is 0 Å². The van der Waals surface area contributed by atoms with Crippen LogP contribution in [0, 0.1) is 5.41 Å². The van der Waals surface area contributed by atoms with Crippen molar-refractivity contribution in [3.05, 3.63) is 18.2 Å². The second-order valence-corrected chi connectivity index (χ2v) is 9.06. The first-order valence-electron chi connectivity index (χ1n) is 8.34. The van der Waals surface area contributed by atoms with Gasteiger partial charge in [-0.15, -0.1) is 0 Å². The Bertz CT molecular complexity index is 660. The Kier molecular flexibility index (Phi) is 7.27. The van der Waals surface area contributed by atoms with Crippen molar-refractivity contribution >= 4 is 21.4 Å². The molecule has 1 aromatic carbocycles. The summed E-state index contributed by atoms with van der Waals surface area (Å²) in [4.78, 5) is 12.4. The quantitative estimate of drug-likeness (QED) is 0.715. The monoisotopic (exact) mass is 355 g/mol. The van der Waals surface area contributed by atoms with Gasteiger partial charge in [0.05, 0.1) is 17.2 Å². The van der Waals surface area contributed by atoms with E-state index in [2.05, 4.69) is 12.2 Å². The molecule has 0 fully saturated rings. The number of nitrogens with one attached hydrogen (secondary N) is 1. The molecule has 0 aliphatic carbocycles. The van der Waals surface area contributed by atoms with Crippen molar-refractivity contribution < 1.29 is 17.9 Å². The molecule has 1 N–H and O–H groups in total. The Labute approximate surface area is 145 Å². The summed E-state index contributed by atoms with van der Waals surface area (Å²) in [5.41, 5.74) is -0.187. The van der Waals surface area contributed by atoms with Crippen molar-refractivity contribution in [2.45, 2.75) is 58.3 Å². The van der Waals surface area contributed by atoms with Gasteiger partial charge < -0.3 is 10.1 Å². The fraction of sp³-hybridized carbons (Fsp3) is 0.611. The van der Waals surface area contributed by atoms with Gasteiger partial charge in [-0.3, -0.25) is 4.79 Å². The molecular weight excluding hydrogens is 326 g/mol. The second kappa shape index (κ2) is 8.51. The maximum Gasteiger partial charge on any atom is 0.229 e. The lowest BCUT2D eigenvalue weighted by atomic mass is 9.95. The highest BCUT2D eigenvalue weighted by atomic mass is 32.2. The number of sulfone groups is 1. The van der Waals surface area contributed by atoms with Crippen molar-refractivity contribution in [3.63, 3.8) is 0 Å².